The minimum absolute atomic E-state index is 0.198. The van der Waals surface area contributed by atoms with E-state index in [2.05, 4.69) is 15.2 Å². The van der Waals surface area contributed by atoms with Crippen LogP contribution in [0.3, 0.4) is 0 Å². The number of benzene rings is 2. The molecule has 0 aliphatic rings. The molecule has 0 aliphatic heterocycles. The Morgan fingerprint density at radius 2 is 1.72 bits per heavy atom. The van der Waals surface area contributed by atoms with E-state index < -0.39 is 9.84 Å². The van der Waals surface area contributed by atoms with Crippen molar-refractivity contribution in [3.05, 3.63) is 60.3 Å². The molecule has 0 fully saturated rings. The first-order valence-electron chi connectivity index (χ1n) is 7.93. The maximum absolute atomic E-state index is 12.2. The molecule has 1 N–H and O–H groups in total. The van der Waals surface area contributed by atoms with Crippen LogP contribution in [0.4, 0.5) is 11.4 Å². The summed E-state index contributed by atoms with van der Waals surface area (Å²) in [6, 6.07) is 15.5. The monoisotopic (exact) mass is 355 g/mol. The first-order valence-corrected chi connectivity index (χ1v) is 9.82. The van der Waals surface area contributed by atoms with E-state index in [-0.39, 0.29) is 4.90 Å². The summed E-state index contributed by atoms with van der Waals surface area (Å²) in [5, 5.41) is 4.05. The third-order valence-electron chi connectivity index (χ3n) is 3.86. The minimum atomic E-state index is -3.40. The van der Waals surface area contributed by atoms with Gasteiger partial charge in [0, 0.05) is 30.1 Å². The van der Waals surface area contributed by atoms with Gasteiger partial charge in [-0.15, -0.1) is 0 Å². The molecule has 3 rings (SSSR count). The van der Waals surface area contributed by atoms with Gasteiger partial charge in [0.2, 0.25) is 0 Å². The molecule has 1 aromatic heterocycles. The maximum atomic E-state index is 12.2. The van der Waals surface area contributed by atoms with Gasteiger partial charge in [0.25, 0.3) is 0 Å². The fourth-order valence-corrected chi connectivity index (χ4v) is 3.51. The molecule has 2 aromatic carbocycles. The molecule has 0 saturated heterocycles. The number of pyridine rings is 1. The molecule has 0 bridgehead atoms. The molecule has 0 saturated carbocycles. The van der Waals surface area contributed by atoms with Crippen LogP contribution in [-0.4, -0.2) is 38.7 Å². The summed E-state index contributed by atoms with van der Waals surface area (Å²) in [7, 11) is 0.642. The summed E-state index contributed by atoms with van der Waals surface area (Å²) in [6.45, 7) is 0.854. The minimum Gasteiger partial charge on any atom is -0.354 e. The summed E-state index contributed by atoms with van der Waals surface area (Å²) in [5.41, 5.74) is 3.34. The van der Waals surface area contributed by atoms with E-state index in [0.717, 1.165) is 23.1 Å². The van der Waals surface area contributed by atoms with Gasteiger partial charge in [-0.1, -0.05) is 30.3 Å². The first kappa shape index (κ1) is 17.4. The van der Waals surface area contributed by atoms with E-state index in [1.165, 1.54) is 18.0 Å². The Morgan fingerprint density at radius 1 is 1.04 bits per heavy atom. The lowest BCUT2D eigenvalue weighted by Crippen LogP contribution is -2.10. The molecule has 0 atom stereocenters. The molecule has 1 heterocycles. The van der Waals surface area contributed by atoms with Crippen LogP contribution < -0.4 is 5.32 Å². The Bertz CT molecular complexity index is 997. The van der Waals surface area contributed by atoms with Crippen LogP contribution in [0.1, 0.15) is 5.56 Å². The number of fused-ring (bicyclic) bond motifs is 1. The predicted octanol–water partition coefficient (Wildman–Crippen LogP) is 3.44. The number of para-hydroxylation sites is 1. The quantitative estimate of drug-likeness (QED) is 0.759. The van der Waals surface area contributed by atoms with Crippen molar-refractivity contribution in [1.29, 1.82) is 0 Å². The van der Waals surface area contributed by atoms with Crippen molar-refractivity contribution in [3.63, 3.8) is 0 Å². The third-order valence-corrected chi connectivity index (χ3v) is 4.97. The molecule has 6 heteroatoms. The highest BCUT2D eigenvalue weighted by Gasteiger charge is 2.17. The Morgan fingerprint density at radius 3 is 2.36 bits per heavy atom. The van der Waals surface area contributed by atoms with Crippen LogP contribution in [0.15, 0.2) is 59.6 Å². The fourth-order valence-electron chi connectivity index (χ4n) is 2.74. The van der Waals surface area contributed by atoms with Crippen LogP contribution in [0.5, 0.6) is 0 Å². The SMILES string of the molecule is CN(C)Cc1ccc(Nc2c(S(C)(=O)=O)cnc3ccccc23)cc1. The lowest BCUT2D eigenvalue weighted by molar-refractivity contribution is 0.402. The lowest BCUT2D eigenvalue weighted by atomic mass is 10.1. The van der Waals surface area contributed by atoms with Gasteiger partial charge in [0.1, 0.15) is 4.90 Å². The van der Waals surface area contributed by atoms with Gasteiger partial charge in [-0.05, 0) is 37.9 Å². The smallest absolute Gasteiger partial charge is 0.179 e. The average molecular weight is 355 g/mol. The molecular weight excluding hydrogens is 334 g/mol. The van der Waals surface area contributed by atoms with Gasteiger partial charge in [0.05, 0.1) is 11.2 Å². The van der Waals surface area contributed by atoms with Crippen LogP contribution >= 0.6 is 0 Å². The second kappa shape index (κ2) is 6.82. The first-order chi connectivity index (χ1) is 11.8. The van der Waals surface area contributed by atoms with Crippen molar-refractivity contribution in [2.45, 2.75) is 11.4 Å². The fraction of sp³-hybridized carbons (Fsp3) is 0.211. The predicted molar refractivity (Wildman–Crippen MR) is 102 cm³/mol. The van der Waals surface area contributed by atoms with E-state index in [1.807, 2.05) is 62.6 Å². The molecule has 0 aliphatic carbocycles. The summed E-state index contributed by atoms with van der Waals surface area (Å²) < 4.78 is 24.4. The number of sulfone groups is 1. The number of anilines is 2. The largest absolute Gasteiger partial charge is 0.354 e. The maximum Gasteiger partial charge on any atom is 0.179 e. The highest BCUT2D eigenvalue weighted by Crippen LogP contribution is 2.31. The summed E-state index contributed by atoms with van der Waals surface area (Å²) >= 11 is 0. The molecule has 5 nitrogen and oxygen atoms in total. The molecule has 0 spiro atoms. The van der Waals surface area contributed by atoms with Gasteiger partial charge in [-0.3, -0.25) is 4.98 Å². The number of aromatic nitrogens is 1. The van der Waals surface area contributed by atoms with Crippen LogP contribution in [-0.2, 0) is 16.4 Å². The number of hydrogen-bond acceptors (Lipinski definition) is 5. The highest BCUT2D eigenvalue weighted by atomic mass is 32.2. The van der Waals surface area contributed by atoms with Crippen molar-refractivity contribution in [2.24, 2.45) is 0 Å². The molecule has 0 unspecified atom stereocenters. The number of hydrogen-bond donors (Lipinski definition) is 1. The second-order valence-corrected chi connectivity index (χ2v) is 8.33. The second-order valence-electron chi connectivity index (χ2n) is 6.35. The van der Waals surface area contributed by atoms with Crippen LogP contribution in [0.2, 0.25) is 0 Å². The van der Waals surface area contributed by atoms with E-state index in [4.69, 9.17) is 0 Å². The van der Waals surface area contributed by atoms with Gasteiger partial charge >= 0.3 is 0 Å². The topological polar surface area (TPSA) is 62.3 Å². The highest BCUT2D eigenvalue weighted by molar-refractivity contribution is 7.90. The van der Waals surface area contributed by atoms with Crippen molar-refractivity contribution < 1.29 is 8.42 Å². The Kier molecular flexibility index (Phi) is 4.74. The van der Waals surface area contributed by atoms with E-state index in [9.17, 15) is 8.42 Å². The van der Waals surface area contributed by atoms with Gasteiger partial charge in [-0.2, -0.15) is 0 Å². The zero-order valence-corrected chi connectivity index (χ0v) is 15.3. The van der Waals surface area contributed by atoms with Gasteiger partial charge in [0.15, 0.2) is 9.84 Å². The van der Waals surface area contributed by atoms with E-state index in [1.54, 1.807) is 0 Å². The zero-order valence-electron chi connectivity index (χ0n) is 14.5. The molecule has 0 amide bonds. The molecule has 25 heavy (non-hydrogen) atoms. The Labute approximate surface area is 148 Å². The normalized spacial score (nSPS) is 11.8. The Hall–Kier alpha value is -2.44. The van der Waals surface area contributed by atoms with Crippen molar-refractivity contribution in [3.8, 4) is 0 Å². The zero-order chi connectivity index (χ0) is 18.0. The molecule has 0 radical (unpaired) electrons. The molecule has 130 valence electrons. The average Bonchev–Trinajstić information content (AvgIpc) is 2.55. The molecular formula is C19H21N3O2S. The standard InChI is InChI=1S/C19H21N3O2S/c1-22(2)13-14-8-10-15(11-9-14)21-19-16-6-4-5-7-17(16)20-12-18(19)25(3,23)24/h4-12H,13H2,1-3H3,(H,20,21). The number of nitrogens with one attached hydrogen (secondary N) is 1. The Balaban J connectivity index is 2.05. The number of rotatable bonds is 5. The van der Waals surface area contributed by atoms with Crippen molar-refractivity contribution >= 4 is 32.1 Å². The van der Waals surface area contributed by atoms with Gasteiger partial charge < -0.3 is 10.2 Å². The summed E-state index contributed by atoms with van der Waals surface area (Å²) in [4.78, 5) is 6.57. The molecule has 3 aromatic rings. The van der Waals surface area contributed by atoms with E-state index in [0.29, 0.717) is 5.69 Å². The summed E-state index contributed by atoms with van der Waals surface area (Å²) in [5.74, 6) is 0. The summed E-state index contributed by atoms with van der Waals surface area (Å²) in [6.07, 6.45) is 2.62. The number of nitrogens with zero attached hydrogens (tertiary/aromatic N) is 2. The lowest BCUT2D eigenvalue weighted by Gasteiger charge is -2.15. The van der Waals surface area contributed by atoms with Crippen molar-refractivity contribution in [1.82, 2.24) is 9.88 Å². The van der Waals surface area contributed by atoms with E-state index >= 15 is 0 Å². The van der Waals surface area contributed by atoms with Crippen molar-refractivity contribution in [2.75, 3.05) is 25.7 Å². The van der Waals surface area contributed by atoms with Gasteiger partial charge in [-0.25, -0.2) is 8.42 Å². The van der Waals surface area contributed by atoms with Crippen LogP contribution in [0.25, 0.3) is 10.9 Å². The van der Waals surface area contributed by atoms with Crippen LogP contribution in [0, 0.1) is 0 Å². The third kappa shape index (κ3) is 3.97.